The number of nitrogens with one attached hydrogen (secondary N) is 1. The molecule has 0 unspecified atom stereocenters. The number of carbonyl (C=O) groups is 2. The second kappa shape index (κ2) is 6.57. The third kappa shape index (κ3) is 3.24. The van der Waals surface area contributed by atoms with Crippen molar-refractivity contribution in [2.45, 2.75) is 38.4 Å². The van der Waals surface area contributed by atoms with E-state index >= 15 is 0 Å². The molecule has 1 fully saturated rings. The maximum Gasteiger partial charge on any atom is 0.211 e. The van der Waals surface area contributed by atoms with E-state index in [0.29, 0.717) is 24.9 Å². The molecule has 4 nitrogen and oxygen atoms in total. The van der Waals surface area contributed by atoms with Gasteiger partial charge in [0.1, 0.15) is 11.4 Å². The molecule has 0 aromatic heterocycles. The summed E-state index contributed by atoms with van der Waals surface area (Å²) >= 11 is 0. The normalized spacial score (nSPS) is 23.8. The molecule has 0 radical (unpaired) electrons. The van der Waals surface area contributed by atoms with Crippen molar-refractivity contribution in [3.05, 3.63) is 65.2 Å². The highest BCUT2D eigenvalue weighted by atomic mass is 16.5. The van der Waals surface area contributed by atoms with Gasteiger partial charge in [-0.2, -0.15) is 0 Å². The van der Waals surface area contributed by atoms with E-state index in [2.05, 4.69) is 5.32 Å². The molecule has 1 heterocycles. The Morgan fingerprint density at radius 3 is 2.58 bits per heavy atom. The summed E-state index contributed by atoms with van der Waals surface area (Å²) < 4.78 is 6.37. The number of aryl methyl sites for hydroxylation is 1. The number of anilines is 1. The Balaban J connectivity index is 1.96. The first kappa shape index (κ1) is 16.4. The van der Waals surface area contributed by atoms with Gasteiger partial charge >= 0.3 is 0 Å². The van der Waals surface area contributed by atoms with Crippen LogP contribution in [0.1, 0.15) is 42.6 Å². The summed E-state index contributed by atoms with van der Waals surface area (Å²) in [5.41, 5.74) is 2.90. The monoisotopic (exact) mass is 323 g/mol. The number of ketones is 1. The average molecular weight is 323 g/mol. The maximum absolute atomic E-state index is 12.4. The van der Waals surface area contributed by atoms with E-state index in [1.165, 1.54) is 5.56 Å². The molecule has 1 N–H and O–H groups in total. The number of ether oxygens (including phenoxy) is 1. The lowest BCUT2D eigenvalue weighted by Gasteiger charge is -2.39. The van der Waals surface area contributed by atoms with Crippen molar-refractivity contribution in [1.29, 1.82) is 0 Å². The first-order valence-corrected chi connectivity index (χ1v) is 8.07. The second-order valence-corrected chi connectivity index (χ2v) is 6.48. The van der Waals surface area contributed by atoms with Gasteiger partial charge in [0, 0.05) is 24.1 Å². The van der Waals surface area contributed by atoms with Crippen molar-refractivity contribution < 1.29 is 14.3 Å². The van der Waals surface area contributed by atoms with Crippen LogP contribution in [0.5, 0.6) is 0 Å². The quantitative estimate of drug-likeness (QED) is 0.868. The van der Waals surface area contributed by atoms with Crippen molar-refractivity contribution in [3.8, 4) is 0 Å². The summed E-state index contributed by atoms with van der Waals surface area (Å²) in [4.78, 5) is 23.3. The van der Waals surface area contributed by atoms with Crippen molar-refractivity contribution >= 4 is 17.9 Å². The molecule has 2 aromatic carbocycles. The predicted octanol–water partition coefficient (Wildman–Crippen LogP) is 3.90. The van der Waals surface area contributed by atoms with Crippen LogP contribution in [0.25, 0.3) is 0 Å². The Morgan fingerprint density at radius 2 is 1.88 bits per heavy atom. The maximum atomic E-state index is 12.4. The first-order valence-electron chi connectivity index (χ1n) is 8.07. The van der Waals surface area contributed by atoms with Gasteiger partial charge in [0.2, 0.25) is 6.41 Å². The minimum absolute atomic E-state index is 0.162. The molecule has 4 heteroatoms. The van der Waals surface area contributed by atoms with Gasteiger partial charge in [0.05, 0.1) is 6.10 Å². The SMILES string of the molecule is Cc1ccc([C@H]2CC(=O)C[C@@](C)(c3ccccc3NC=O)O2)cc1. The van der Waals surface area contributed by atoms with Gasteiger partial charge < -0.3 is 10.1 Å². The largest absolute Gasteiger partial charge is 0.362 e. The van der Waals surface area contributed by atoms with Crippen molar-refractivity contribution in [3.63, 3.8) is 0 Å². The van der Waals surface area contributed by atoms with E-state index in [9.17, 15) is 9.59 Å². The van der Waals surface area contributed by atoms with Crippen LogP contribution in [0.15, 0.2) is 48.5 Å². The number of amides is 1. The molecule has 2 aromatic rings. The van der Waals surface area contributed by atoms with Crippen LogP contribution in [0.4, 0.5) is 5.69 Å². The molecule has 0 saturated carbocycles. The minimum atomic E-state index is -0.766. The summed E-state index contributed by atoms with van der Waals surface area (Å²) in [6.45, 7) is 3.94. The minimum Gasteiger partial charge on any atom is -0.362 e. The van der Waals surface area contributed by atoms with Gasteiger partial charge in [-0.25, -0.2) is 0 Å². The molecular weight excluding hydrogens is 302 g/mol. The summed E-state index contributed by atoms with van der Waals surface area (Å²) in [7, 11) is 0. The molecule has 0 spiro atoms. The van der Waals surface area contributed by atoms with Crippen molar-refractivity contribution in [2.24, 2.45) is 0 Å². The lowest BCUT2D eigenvalue weighted by atomic mass is 9.83. The third-order valence-corrected chi connectivity index (χ3v) is 4.51. The fraction of sp³-hybridized carbons (Fsp3) is 0.300. The van der Waals surface area contributed by atoms with Crippen LogP contribution >= 0.6 is 0 Å². The molecule has 1 aliphatic rings. The molecule has 3 rings (SSSR count). The molecule has 24 heavy (non-hydrogen) atoms. The van der Waals surface area contributed by atoms with Gasteiger partial charge in [-0.1, -0.05) is 48.0 Å². The zero-order chi connectivity index (χ0) is 17.2. The number of para-hydroxylation sites is 1. The zero-order valence-electron chi connectivity index (χ0n) is 13.9. The van der Waals surface area contributed by atoms with E-state index < -0.39 is 5.60 Å². The highest BCUT2D eigenvalue weighted by Crippen LogP contribution is 2.43. The standard InChI is InChI=1S/C20H21NO3/c1-14-7-9-15(10-8-14)19-11-16(23)12-20(2,24-19)17-5-3-4-6-18(17)21-13-22/h3-10,13,19H,11-12H2,1-2H3,(H,21,22)/t19-,20+/m1/s1. The Labute approximate surface area is 141 Å². The fourth-order valence-corrected chi connectivity index (χ4v) is 3.31. The third-order valence-electron chi connectivity index (χ3n) is 4.51. The van der Waals surface area contributed by atoms with Crippen LogP contribution < -0.4 is 5.32 Å². The van der Waals surface area contributed by atoms with Crippen LogP contribution in [-0.2, 0) is 19.9 Å². The van der Waals surface area contributed by atoms with Gasteiger partial charge in [0.15, 0.2) is 0 Å². The van der Waals surface area contributed by atoms with Gasteiger partial charge in [-0.3, -0.25) is 9.59 Å². The fourth-order valence-electron chi connectivity index (χ4n) is 3.31. The summed E-state index contributed by atoms with van der Waals surface area (Å²) in [6, 6.07) is 15.5. The molecule has 1 aliphatic heterocycles. The zero-order valence-corrected chi connectivity index (χ0v) is 13.9. The van der Waals surface area contributed by atoms with E-state index in [1.807, 2.05) is 62.4 Å². The number of carbonyl (C=O) groups excluding carboxylic acids is 2. The second-order valence-electron chi connectivity index (χ2n) is 6.48. The number of benzene rings is 2. The average Bonchev–Trinajstić information content (AvgIpc) is 2.55. The van der Waals surface area contributed by atoms with Crippen molar-refractivity contribution in [1.82, 2.24) is 0 Å². The Morgan fingerprint density at radius 1 is 1.17 bits per heavy atom. The topological polar surface area (TPSA) is 55.4 Å². The van der Waals surface area contributed by atoms with E-state index in [-0.39, 0.29) is 11.9 Å². The molecule has 124 valence electrons. The number of hydrogen-bond acceptors (Lipinski definition) is 3. The van der Waals surface area contributed by atoms with Gasteiger partial charge in [-0.05, 0) is 25.5 Å². The summed E-state index contributed by atoms with van der Waals surface area (Å²) in [5, 5.41) is 2.70. The molecule has 1 saturated heterocycles. The first-order chi connectivity index (χ1) is 11.5. The van der Waals surface area contributed by atoms with Crippen LogP contribution in [0, 0.1) is 6.92 Å². The van der Waals surface area contributed by atoms with Crippen molar-refractivity contribution in [2.75, 3.05) is 5.32 Å². The number of hydrogen-bond donors (Lipinski definition) is 1. The smallest absolute Gasteiger partial charge is 0.211 e. The van der Waals surface area contributed by atoms with Gasteiger partial charge in [-0.15, -0.1) is 0 Å². The van der Waals surface area contributed by atoms with E-state index in [4.69, 9.17) is 4.74 Å². The Bertz CT molecular complexity index is 754. The van der Waals surface area contributed by atoms with Crippen LogP contribution in [0.3, 0.4) is 0 Å². The molecule has 0 bridgehead atoms. The lowest BCUT2D eigenvalue weighted by molar-refractivity contribution is -0.155. The number of rotatable bonds is 4. The molecule has 0 aliphatic carbocycles. The van der Waals surface area contributed by atoms with Gasteiger partial charge in [0.25, 0.3) is 0 Å². The highest BCUT2D eigenvalue weighted by Gasteiger charge is 2.40. The summed E-state index contributed by atoms with van der Waals surface area (Å²) in [6.07, 6.45) is 1.04. The number of Topliss-reactive ketones (excluding diaryl/α,β-unsaturated/α-hetero) is 1. The molecular formula is C20H21NO3. The van der Waals surface area contributed by atoms with E-state index in [0.717, 1.165) is 11.1 Å². The molecule has 2 atom stereocenters. The highest BCUT2D eigenvalue weighted by molar-refractivity contribution is 5.82. The van der Waals surface area contributed by atoms with E-state index in [1.54, 1.807) is 0 Å². The summed E-state index contributed by atoms with van der Waals surface area (Å²) in [5.74, 6) is 0.162. The van der Waals surface area contributed by atoms with Crippen LogP contribution in [0.2, 0.25) is 0 Å². The Hall–Kier alpha value is -2.46. The molecule has 1 amide bonds. The predicted molar refractivity (Wildman–Crippen MR) is 92.7 cm³/mol. The lowest BCUT2D eigenvalue weighted by Crippen LogP contribution is -2.37. The Kier molecular flexibility index (Phi) is 4.49. The van der Waals surface area contributed by atoms with Crippen LogP contribution in [-0.4, -0.2) is 12.2 Å².